The molecule has 0 unspecified atom stereocenters. The summed E-state index contributed by atoms with van der Waals surface area (Å²) in [6.45, 7) is 2.02. The Bertz CT molecular complexity index is 506. The van der Waals surface area contributed by atoms with Crippen LogP contribution >= 0.6 is 11.3 Å². The van der Waals surface area contributed by atoms with Crippen LogP contribution < -0.4 is 5.32 Å². The van der Waals surface area contributed by atoms with E-state index in [1.54, 1.807) is 13.0 Å². The average molecular weight is 263 g/mol. The van der Waals surface area contributed by atoms with Gasteiger partial charge in [0.2, 0.25) is 0 Å². The summed E-state index contributed by atoms with van der Waals surface area (Å²) in [5, 5.41) is 6.60. The summed E-state index contributed by atoms with van der Waals surface area (Å²) in [6, 6.07) is 1.70. The number of nitrogens with zero attached hydrogens (tertiary/aromatic N) is 2. The first-order chi connectivity index (χ1) is 7.95. The minimum absolute atomic E-state index is 0.200. The van der Waals surface area contributed by atoms with Gasteiger partial charge in [-0.2, -0.15) is 13.2 Å². The van der Waals surface area contributed by atoms with Crippen LogP contribution in [-0.4, -0.2) is 10.1 Å². The summed E-state index contributed by atoms with van der Waals surface area (Å²) in [5.74, 6) is 0.547. The molecule has 0 radical (unpaired) electrons. The van der Waals surface area contributed by atoms with Crippen molar-refractivity contribution in [3.8, 4) is 0 Å². The average Bonchev–Trinajstić information content (AvgIpc) is 2.82. The Labute approximate surface area is 98.5 Å². The van der Waals surface area contributed by atoms with Crippen molar-refractivity contribution in [3.05, 3.63) is 28.6 Å². The Kier molecular flexibility index (Phi) is 3.05. The number of thiazole rings is 1. The number of aromatic nitrogens is 2. The van der Waals surface area contributed by atoms with E-state index < -0.39 is 11.1 Å². The van der Waals surface area contributed by atoms with Crippen LogP contribution in [0.3, 0.4) is 0 Å². The van der Waals surface area contributed by atoms with Crippen LogP contribution in [0.4, 0.5) is 18.3 Å². The molecule has 0 atom stereocenters. The third-order valence-corrected chi connectivity index (χ3v) is 2.88. The van der Waals surface area contributed by atoms with Gasteiger partial charge in [0.05, 0.1) is 18.4 Å². The first kappa shape index (κ1) is 11.9. The lowest BCUT2D eigenvalue weighted by atomic mass is 10.4. The van der Waals surface area contributed by atoms with E-state index in [9.17, 15) is 13.2 Å². The van der Waals surface area contributed by atoms with E-state index in [-0.39, 0.29) is 11.7 Å². The molecule has 0 saturated carbocycles. The van der Waals surface area contributed by atoms with Gasteiger partial charge >= 0.3 is 6.18 Å². The first-order valence-electron chi connectivity index (χ1n) is 4.64. The normalized spacial score (nSPS) is 11.8. The molecule has 1 N–H and O–H groups in total. The number of anilines is 1. The van der Waals surface area contributed by atoms with Crippen molar-refractivity contribution >= 4 is 16.5 Å². The van der Waals surface area contributed by atoms with E-state index in [0.29, 0.717) is 17.1 Å². The fourth-order valence-corrected chi connectivity index (χ4v) is 1.83. The van der Waals surface area contributed by atoms with Crippen LogP contribution in [0.2, 0.25) is 0 Å². The number of hydrogen-bond acceptors (Lipinski definition) is 5. The molecule has 2 aromatic rings. The molecule has 0 aromatic carbocycles. The highest BCUT2D eigenvalue weighted by Gasteiger charge is 2.33. The molecular formula is C9H8F3N3OS. The molecule has 0 bridgehead atoms. The maximum atomic E-state index is 12.3. The van der Waals surface area contributed by atoms with Crippen molar-refractivity contribution in [3.63, 3.8) is 0 Å². The summed E-state index contributed by atoms with van der Waals surface area (Å²) in [4.78, 5) is 2.90. The van der Waals surface area contributed by atoms with Gasteiger partial charge in [0.15, 0.2) is 10.9 Å². The number of aryl methyl sites for hydroxylation is 1. The van der Waals surface area contributed by atoms with Gasteiger partial charge in [0, 0.05) is 6.07 Å². The molecule has 0 aliphatic heterocycles. The van der Waals surface area contributed by atoms with Crippen LogP contribution in [-0.2, 0) is 12.7 Å². The third kappa shape index (κ3) is 2.96. The van der Waals surface area contributed by atoms with E-state index >= 15 is 0 Å². The van der Waals surface area contributed by atoms with Gasteiger partial charge in [0.25, 0.3) is 0 Å². The lowest BCUT2D eigenvalue weighted by molar-refractivity contribution is -0.134. The predicted octanol–water partition coefficient (Wildman–Crippen LogP) is 3.07. The molecule has 0 saturated heterocycles. The van der Waals surface area contributed by atoms with Gasteiger partial charge in [-0.1, -0.05) is 16.5 Å². The van der Waals surface area contributed by atoms with Crippen LogP contribution in [0.5, 0.6) is 0 Å². The Morgan fingerprint density at radius 3 is 2.76 bits per heavy atom. The quantitative estimate of drug-likeness (QED) is 0.924. The summed E-state index contributed by atoms with van der Waals surface area (Å²) >= 11 is 0.557. The summed E-state index contributed by atoms with van der Waals surface area (Å²) in [5.41, 5.74) is 0.719. The van der Waals surface area contributed by atoms with Gasteiger partial charge in [0.1, 0.15) is 4.88 Å². The lowest BCUT2D eigenvalue weighted by Crippen LogP contribution is -2.00. The predicted molar refractivity (Wildman–Crippen MR) is 55.7 cm³/mol. The SMILES string of the molecule is Cc1cc(CNc2ncc(C(F)(F)F)s2)on1. The van der Waals surface area contributed by atoms with Gasteiger partial charge in [-0.05, 0) is 6.92 Å². The van der Waals surface area contributed by atoms with Crippen molar-refractivity contribution in [2.75, 3.05) is 5.32 Å². The van der Waals surface area contributed by atoms with Crippen molar-refractivity contribution in [1.82, 2.24) is 10.1 Å². The van der Waals surface area contributed by atoms with Crippen LogP contribution in [0.1, 0.15) is 16.3 Å². The molecule has 0 aliphatic carbocycles. The first-order valence-corrected chi connectivity index (χ1v) is 5.46. The molecule has 92 valence electrons. The van der Waals surface area contributed by atoms with Gasteiger partial charge in [-0.3, -0.25) is 0 Å². The number of rotatable bonds is 3. The highest BCUT2D eigenvalue weighted by molar-refractivity contribution is 7.15. The second-order valence-electron chi connectivity index (χ2n) is 3.32. The Balaban J connectivity index is 1.98. The van der Waals surface area contributed by atoms with E-state index in [1.165, 1.54) is 0 Å². The van der Waals surface area contributed by atoms with Crippen LogP contribution in [0, 0.1) is 6.92 Å². The second-order valence-corrected chi connectivity index (χ2v) is 4.35. The molecular weight excluding hydrogens is 255 g/mol. The van der Waals surface area contributed by atoms with Gasteiger partial charge in [-0.25, -0.2) is 4.98 Å². The molecule has 0 amide bonds. The number of alkyl halides is 3. The number of hydrogen-bond donors (Lipinski definition) is 1. The van der Waals surface area contributed by atoms with E-state index in [4.69, 9.17) is 4.52 Å². The smallest absolute Gasteiger partial charge is 0.359 e. The zero-order valence-corrected chi connectivity index (χ0v) is 9.52. The van der Waals surface area contributed by atoms with Crippen LogP contribution in [0.15, 0.2) is 16.8 Å². The molecule has 0 spiro atoms. The minimum atomic E-state index is -4.35. The van der Waals surface area contributed by atoms with Crippen LogP contribution in [0.25, 0.3) is 0 Å². The van der Waals surface area contributed by atoms with E-state index in [1.807, 2.05) is 0 Å². The molecule has 4 nitrogen and oxygen atoms in total. The Morgan fingerprint density at radius 1 is 1.47 bits per heavy atom. The molecule has 8 heteroatoms. The standard InChI is InChI=1S/C9H8F3N3OS/c1-5-2-6(16-15-5)3-13-8-14-4-7(17-8)9(10,11)12/h2,4H,3H2,1H3,(H,13,14). The van der Waals surface area contributed by atoms with E-state index in [2.05, 4.69) is 15.5 Å². The lowest BCUT2D eigenvalue weighted by Gasteiger charge is -2.00. The molecule has 0 aliphatic rings. The summed E-state index contributed by atoms with van der Waals surface area (Å²) in [6.07, 6.45) is -3.54. The topological polar surface area (TPSA) is 51.0 Å². The summed E-state index contributed by atoms with van der Waals surface area (Å²) in [7, 11) is 0. The van der Waals surface area contributed by atoms with Crippen molar-refractivity contribution in [2.24, 2.45) is 0 Å². The second kappa shape index (κ2) is 4.36. The van der Waals surface area contributed by atoms with E-state index in [0.717, 1.165) is 11.9 Å². The maximum Gasteiger partial charge on any atom is 0.427 e. The van der Waals surface area contributed by atoms with Crippen molar-refractivity contribution in [1.29, 1.82) is 0 Å². The Morgan fingerprint density at radius 2 is 2.24 bits per heavy atom. The molecule has 2 heterocycles. The molecule has 17 heavy (non-hydrogen) atoms. The fourth-order valence-electron chi connectivity index (χ4n) is 1.15. The highest BCUT2D eigenvalue weighted by Crippen LogP contribution is 2.35. The van der Waals surface area contributed by atoms with Gasteiger partial charge < -0.3 is 9.84 Å². The zero-order chi connectivity index (χ0) is 12.5. The van der Waals surface area contributed by atoms with Crippen molar-refractivity contribution in [2.45, 2.75) is 19.6 Å². The molecule has 2 aromatic heterocycles. The maximum absolute atomic E-state index is 12.3. The zero-order valence-electron chi connectivity index (χ0n) is 8.71. The summed E-state index contributed by atoms with van der Waals surface area (Å²) < 4.78 is 41.7. The third-order valence-electron chi connectivity index (χ3n) is 1.88. The molecule has 2 rings (SSSR count). The minimum Gasteiger partial charge on any atom is -0.359 e. The number of halogens is 3. The van der Waals surface area contributed by atoms with Gasteiger partial charge in [-0.15, -0.1) is 0 Å². The number of nitrogens with one attached hydrogen (secondary N) is 1. The van der Waals surface area contributed by atoms with Crippen molar-refractivity contribution < 1.29 is 17.7 Å². The Hall–Kier alpha value is -1.57. The fraction of sp³-hybridized carbons (Fsp3) is 0.333. The monoisotopic (exact) mass is 263 g/mol. The highest BCUT2D eigenvalue weighted by atomic mass is 32.1. The molecule has 0 fully saturated rings. The largest absolute Gasteiger partial charge is 0.427 e.